The molecule has 1 aliphatic rings. The molecule has 31 heavy (non-hydrogen) atoms. The lowest BCUT2D eigenvalue weighted by molar-refractivity contribution is -0.168. The number of hydrogen-bond donors (Lipinski definition) is 0. The van der Waals surface area contributed by atoms with Crippen LogP contribution in [0.1, 0.15) is 39.2 Å². The van der Waals surface area contributed by atoms with Gasteiger partial charge in [0.2, 0.25) is 0 Å². The van der Waals surface area contributed by atoms with E-state index in [2.05, 4.69) is 12.6 Å². The van der Waals surface area contributed by atoms with E-state index in [4.69, 9.17) is 9.47 Å². The first-order valence-electron chi connectivity index (χ1n) is 10.2. The zero-order chi connectivity index (χ0) is 22.8. The van der Waals surface area contributed by atoms with E-state index in [1.54, 1.807) is 13.8 Å². The summed E-state index contributed by atoms with van der Waals surface area (Å²) in [5.74, 6) is -1.62. The highest BCUT2D eigenvalue weighted by Crippen LogP contribution is 2.37. The van der Waals surface area contributed by atoms with Gasteiger partial charge in [-0.05, 0) is 55.5 Å². The molecule has 0 heterocycles. The molecule has 0 saturated heterocycles. The van der Waals surface area contributed by atoms with Crippen molar-refractivity contribution in [2.45, 2.75) is 58.1 Å². The second-order valence-electron chi connectivity index (χ2n) is 8.52. The normalized spacial score (nSPS) is 19.7. The van der Waals surface area contributed by atoms with E-state index in [9.17, 15) is 18.0 Å². The molecule has 6 heteroatoms. The molecular formula is C25H27F3O3. The molecular weight excluding hydrogens is 405 g/mol. The number of esters is 1. The summed E-state index contributed by atoms with van der Waals surface area (Å²) in [6.07, 6.45) is -1.86. The Kier molecular flexibility index (Phi) is 6.60. The zero-order valence-corrected chi connectivity index (χ0v) is 18.0. The minimum absolute atomic E-state index is 0.182. The Hall–Kier alpha value is -2.60. The molecule has 2 atom stereocenters. The van der Waals surface area contributed by atoms with Gasteiger partial charge in [0.15, 0.2) is 0 Å². The second-order valence-corrected chi connectivity index (χ2v) is 8.52. The minimum Gasteiger partial charge on any atom is -0.456 e. The van der Waals surface area contributed by atoms with Crippen LogP contribution in [0.25, 0.3) is 10.8 Å². The van der Waals surface area contributed by atoms with Gasteiger partial charge in [-0.25, -0.2) is 4.79 Å². The molecule has 0 saturated carbocycles. The third-order valence-electron chi connectivity index (χ3n) is 5.98. The fraction of sp³-hybridized carbons (Fsp3) is 0.400. The van der Waals surface area contributed by atoms with Crippen LogP contribution < -0.4 is 0 Å². The van der Waals surface area contributed by atoms with Crippen molar-refractivity contribution in [1.29, 1.82) is 0 Å². The van der Waals surface area contributed by atoms with Crippen molar-refractivity contribution in [3.8, 4) is 0 Å². The highest BCUT2D eigenvalue weighted by Gasteiger charge is 2.42. The average Bonchev–Trinajstić information content (AvgIpc) is 2.71. The Bertz CT molecular complexity index is 999. The van der Waals surface area contributed by atoms with Gasteiger partial charge in [-0.15, -0.1) is 0 Å². The Labute approximate surface area is 180 Å². The Morgan fingerprint density at radius 1 is 1.13 bits per heavy atom. The fourth-order valence-electron chi connectivity index (χ4n) is 3.88. The number of alkyl halides is 3. The summed E-state index contributed by atoms with van der Waals surface area (Å²) < 4.78 is 49.8. The van der Waals surface area contributed by atoms with Crippen molar-refractivity contribution in [1.82, 2.24) is 0 Å². The molecule has 0 N–H and O–H groups in total. The van der Waals surface area contributed by atoms with Crippen LogP contribution in [0, 0.1) is 5.92 Å². The van der Waals surface area contributed by atoms with Gasteiger partial charge >= 0.3 is 12.1 Å². The summed E-state index contributed by atoms with van der Waals surface area (Å²) >= 11 is 0. The zero-order valence-electron chi connectivity index (χ0n) is 18.0. The number of carbonyl (C=O) groups is 1. The van der Waals surface area contributed by atoms with Gasteiger partial charge in [0.05, 0.1) is 12.7 Å². The first-order valence-corrected chi connectivity index (χ1v) is 10.2. The molecule has 0 radical (unpaired) electrons. The SMILES string of the molecule is C=C(C(=O)OC(C)(C)C1CC=C(C)C(OCc2cccc3ccccc23)C1)C(F)(F)F. The maximum atomic E-state index is 12.8. The molecule has 2 aromatic rings. The summed E-state index contributed by atoms with van der Waals surface area (Å²) in [5.41, 5.74) is -0.450. The maximum Gasteiger partial charge on any atom is 0.422 e. The van der Waals surface area contributed by atoms with Gasteiger partial charge < -0.3 is 9.47 Å². The summed E-state index contributed by atoms with van der Waals surface area (Å²) in [4.78, 5) is 11.9. The summed E-state index contributed by atoms with van der Waals surface area (Å²) in [7, 11) is 0. The van der Waals surface area contributed by atoms with Crippen molar-refractivity contribution in [2.24, 2.45) is 5.92 Å². The molecule has 3 nitrogen and oxygen atoms in total. The van der Waals surface area contributed by atoms with Crippen LogP contribution in [0.4, 0.5) is 13.2 Å². The number of halogens is 3. The van der Waals surface area contributed by atoms with Crippen LogP contribution in [-0.2, 0) is 20.9 Å². The maximum absolute atomic E-state index is 12.8. The molecule has 1 aliphatic carbocycles. The molecule has 0 aromatic heterocycles. The molecule has 166 valence electrons. The van der Waals surface area contributed by atoms with Crippen molar-refractivity contribution in [3.05, 3.63) is 71.8 Å². The predicted molar refractivity (Wildman–Crippen MR) is 114 cm³/mol. The first kappa shape index (κ1) is 23.1. The van der Waals surface area contributed by atoms with Crippen LogP contribution >= 0.6 is 0 Å². The molecule has 3 rings (SSSR count). The average molecular weight is 432 g/mol. The lowest BCUT2D eigenvalue weighted by Gasteiger charge is -2.38. The Morgan fingerprint density at radius 3 is 2.52 bits per heavy atom. The fourth-order valence-corrected chi connectivity index (χ4v) is 3.88. The quantitative estimate of drug-likeness (QED) is 0.296. The van der Waals surface area contributed by atoms with E-state index in [0.717, 1.165) is 21.9 Å². The molecule has 0 spiro atoms. The van der Waals surface area contributed by atoms with Crippen molar-refractivity contribution < 1.29 is 27.4 Å². The summed E-state index contributed by atoms with van der Waals surface area (Å²) in [6, 6.07) is 14.1. The number of carbonyl (C=O) groups excluding carboxylic acids is 1. The lowest BCUT2D eigenvalue weighted by atomic mass is 9.78. The first-order chi connectivity index (χ1) is 14.5. The Morgan fingerprint density at radius 2 is 1.81 bits per heavy atom. The monoisotopic (exact) mass is 432 g/mol. The van der Waals surface area contributed by atoms with Crippen LogP contribution in [0.5, 0.6) is 0 Å². The topological polar surface area (TPSA) is 35.5 Å². The number of allylic oxidation sites excluding steroid dienone is 1. The predicted octanol–water partition coefficient (Wildman–Crippen LogP) is 6.52. The molecule has 0 aliphatic heterocycles. The van der Waals surface area contributed by atoms with Crippen LogP contribution in [0.15, 0.2) is 66.3 Å². The van der Waals surface area contributed by atoms with E-state index in [0.29, 0.717) is 19.4 Å². The second kappa shape index (κ2) is 8.87. The summed E-state index contributed by atoms with van der Waals surface area (Å²) in [5, 5.41) is 2.26. The molecule has 0 bridgehead atoms. The number of ether oxygens (including phenoxy) is 2. The van der Waals surface area contributed by atoms with Crippen LogP contribution in [0.2, 0.25) is 0 Å². The number of benzene rings is 2. The van der Waals surface area contributed by atoms with Crippen molar-refractivity contribution in [3.63, 3.8) is 0 Å². The number of fused-ring (bicyclic) bond motifs is 1. The molecule has 0 amide bonds. The minimum atomic E-state index is -4.81. The van der Waals surface area contributed by atoms with Crippen LogP contribution in [-0.4, -0.2) is 23.9 Å². The van der Waals surface area contributed by atoms with Crippen molar-refractivity contribution in [2.75, 3.05) is 0 Å². The number of hydrogen-bond acceptors (Lipinski definition) is 3. The van der Waals surface area contributed by atoms with E-state index in [-0.39, 0.29) is 12.0 Å². The Balaban J connectivity index is 1.68. The number of rotatable bonds is 6. The largest absolute Gasteiger partial charge is 0.456 e. The van der Waals surface area contributed by atoms with Gasteiger partial charge in [0.1, 0.15) is 11.2 Å². The summed E-state index contributed by atoms with van der Waals surface area (Å²) in [6.45, 7) is 8.50. The highest BCUT2D eigenvalue weighted by molar-refractivity contribution is 5.89. The van der Waals surface area contributed by atoms with Crippen molar-refractivity contribution >= 4 is 16.7 Å². The smallest absolute Gasteiger partial charge is 0.422 e. The van der Waals surface area contributed by atoms with Gasteiger partial charge in [-0.2, -0.15) is 13.2 Å². The third-order valence-corrected chi connectivity index (χ3v) is 5.98. The third kappa shape index (κ3) is 5.37. The molecule has 2 unspecified atom stereocenters. The van der Waals surface area contributed by atoms with Gasteiger partial charge in [-0.3, -0.25) is 0 Å². The standard InChI is InChI=1S/C25H27F3O3/c1-16-12-13-20(24(3,4)31-23(29)17(2)25(26,27)28)14-22(16)30-15-19-10-7-9-18-8-5-6-11-21(18)19/h5-12,20,22H,2,13-15H2,1,3-4H3. The van der Waals surface area contributed by atoms with E-state index in [1.165, 1.54) is 0 Å². The van der Waals surface area contributed by atoms with Gasteiger partial charge in [0, 0.05) is 5.92 Å². The lowest BCUT2D eigenvalue weighted by Crippen LogP contribution is -2.41. The van der Waals surface area contributed by atoms with Crippen LogP contribution in [0.3, 0.4) is 0 Å². The van der Waals surface area contributed by atoms with Gasteiger partial charge in [0.25, 0.3) is 0 Å². The van der Waals surface area contributed by atoms with E-state index < -0.39 is 23.3 Å². The van der Waals surface area contributed by atoms with Gasteiger partial charge in [-0.1, -0.05) is 55.1 Å². The molecule has 2 aromatic carbocycles. The van der Waals surface area contributed by atoms with E-state index in [1.807, 2.05) is 49.4 Å². The highest BCUT2D eigenvalue weighted by atomic mass is 19.4. The molecule has 0 fully saturated rings. The van der Waals surface area contributed by atoms with E-state index >= 15 is 0 Å².